The molecule has 3 rings (SSSR count). The van der Waals surface area contributed by atoms with Crippen molar-refractivity contribution in [2.45, 2.75) is 38.8 Å². The van der Waals surface area contributed by atoms with Crippen LogP contribution in [-0.4, -0.2) is 20.8 Å². The first-order valence-corrected chi connectivity index (χ1v) is 6.45. The van der Waals surface area contributed by atoms with E-state index in [2.05, 4.69) is 46.0 Å². The summed E-state index contributed by atoms with van der Waals surface area (Å²) in [5.74, 6) is 2.10. The molecule has 2 aromatic rings. The summed E-state index contributed by atoms with van der Waals surface area (Å²) in [5.41, 5.74) is 8.58. The van der Waals surface area contributed by atoms with Crippen LogP contribution in [0, 0.1) is 6.92 Å². The number of rotatable bonds is 2. The Morgan fingerprint density at radius 2 is 2.17 bits per heavy atom. The molecule has 0 aliphatic carbocycles. The van der Waals surface area contributed by atoms with Crippen molar-refractivity contribution in [1.29, 1.82) is 0 Å². The summed E-state index contributed by atoms with van der Waals surface area (Å²) in [6.45, 7) is 3.09. The minimum Gasteiger partial charge on any atom is -0.327 e. The van der Waals surface area contributed by atoms with Gasteiger partial charge in [-0.1, -0.05) is 24.3 Å². The smallest absolute Gasteiger partial charge is 0.137 e. The van der Waals surface area contributed by atoms with E-state index in [1.807, 2.05) is 0 Å². The van der Waals surface area contributed by atoms with E-state index in [1.54, 1.807) is 0 Å². The van der Waals surface area contributed by atoms with Gasteiger partial charge in [-0.3, -0.25) is 0 Å². The van der Waals surface area contributed by atoms with Crippen molar-refractivity contribution in [3.8, 4) is 0 Å². The summed E-state index contributed by atoms with van der Waals surface area (Å²) in [4.78, 5) is 0. The average molecular weight is 242 g/mol. The van der Waals surface area contributed by atoms with Crippen LogP contribution in [0.2, 0.25) is 0 Å². The van der Waals surface area contributed by atoms with Gasteiger partial charge in [0.15, 0.2) is 0 Å². The highest BCUT2D eigenvalue weighted by molar-refractivity contribution is 5.28. The topological polar surface area (TPSA) is 56.7 Å². The Balaban J connectivity index is 1.88. The second kappa shape index (κ2) is 4.53. The first-order valence-electron chi connectivity index (χ1n) is 6.45. The van der Waals surface area contributed by atoms with Crippen molar-refractivity contribution >= 4 is 0 Å². The van der Waals surface area contributed by atoms with Crippen molar-refractivity contribution in [3.05, 3.63) is 47.0 Å². The molecule has 0 amide bonds. The highest BCUT2D eigenvalue weighted by Gasteiger charge is 2.20. The van der Waals surface area contributed by atoms with Crippen LogP contribution in [0.3, 0.4) is 0 Å². The summed E-state index contributed by atoms with van der Waals surface area (Å²) in [7, 11) is 0. The van der Waals surface area contributed by atoms with E-state index in [9.17, 15) is 0 Å². The number of benzene rings is 1. The first-order chi connectivity index (χ1) is 8.74. The highest BCUT2D eigenvalue weighted by atomic mass is 15.3. The molecule has 1 aromatic heterocycles. The molecule has 0 spiro atoms. The zero-order valence-electron chi connectivity index (χ0n) is 10.6. The standard InChI is InChI=1S/C14H18N4/c1-10-4-2-3-5-11(10)8-13-16-17-14-9-12(15)6-7-18(13)14/h2-5,12H,6-9,15H2,1H3. The third kappa shape index (κ3) is 2.04. The van der Waals surface area contributed by atoms with E-state index >= 15 is 0 Å². The third-order valence-corrected chi connectivity index (χ3v) is 3.68. The van der Waals surface area contributed by atoms with Gasteiger partial charge in [-0.05, 0) is 24.5 Å². The fourth-order valence-corrected chi connectivity index (χ4v) is 2.52. The Morgan fingerprint density at radius 1 is 1.33 bits per heavy atom. The van der Waals surface area contributed by atoms with Gasteiger partial charge in [0.25, 0.3) is 0 Å². The third-order valence-electron chi connectivity index (χ3n) is 3.68. The lowest BCUT2D eigenvalue weighted by Crippen LogP contribution is -2.31. The van der Waals surface area contributed by atoms with Crippen molar-refractivity contribution in [2.24, 2.45) is 5.73 Å². The fourth-order valence-electron chi connectivity index (χ4n) is 2.52. The molecule has 1 atom stereocenters. The van der Waals surface area contributed by atoms with Crippen LogP contribution in [-0.2, 0) is 19.4 Å². The van der Waals surface area contributed by atoms with Crippen LogP contribution in [0.1, 0.15) is 29.2 Å². The molecule has 0 saturated heterocycles. The van der Waals surface area contributed by atoms with Gasteiger partial charge in [0.05, 0.1) is 0 Å². The summed E-state index contributed by atoms with van der Waals surface area (Å²) >= 11 is 0. The van der Waals surface area contributed by atoms with E-state index < -0.39 is 0 Å². The number of nitrogens with two attached hydrogens (primary N) is 1. The van der Waals surface area contributed by atoms with Crippen LogP contribution in [0.5, 0.6) is 0 Å². The predicted octanol–water partition coefficient (Wildman–Crippen LogP) is 1.45. The molecule has 1 unspecified atom stereocenters. The molecule has 2 N–H and O–H groups in total. The number of aromatic nitrogens is 3. The Hall–Kier alpha value is -1.68. The zero-order valence-corrected chi connectivity index (χ0v) is 10.6. The number of fused-ring (bicyclic) bond motifs is 1. The second-order valence-electron chi connectivity index (χ2n) is 5.04. The van der Waals surface area contributed by atoms with Crippen molar-refractivity contribution < 1.29 is 0 Å². The predicted molar refractivity (Wildman–Crippen MR) is 70.3 cm³/mol. The molecule has 94 valence electrons. The maximum absolute atomic E-state index is 5.95. The van der Waals surface area contributed by atoms with Gasteiger partial charge in [-0.25, -0.2) is 0 Å². The lowest BCUT2D eigenvalue weighted by molar-refractivity contribution is 0.455. The summed E-state index contributed by atoms with van der Waals surface area (Å²) in [5, 5.41) is 8.59. The summed E-state index contributed by atoms with van der Waals surface area (Å²) < 4.78 is 2.23. The van der Waals surface area contributed by atoms with Gasteiger partial charge in [0, 0.05) is 25.4 Å². The van der Waals surface area contributed by atoms with Gasteiger partial charge in [0.2, 0.25) is 0 Å². The minimum atomic E-state index is 0.244. The largest absolute Gasteiger partial charge is 0.327 e. The molecular weight excluding hydrogens is 224 g/mol. The van der Waals surface area contributed by atoms with E-state index in [-0.39, 0.29) is 6.04 Å². The lowest BCUT2D eigenvalue weighted by atomic mass is 10.0. The van der Waals surface area contributed by atoms with Crippen molar-refractivity contribution in [2.75, 3.05) is 0 Å². The Labute approximate surface area is 107 Å². The van der Waals surface area contributed by atoms with Gasteiger partial charge in [0.1, 0.15) is 11.6 Å². The molecule has 0 saturated carbocycles. The molecule has 0 radical (unpaired) electrons. The van der Waals surface area contributed by atoms with E-state index in [4.69, 9.17) is 5.73 Å². The minimum absolute atomic E-state index is 0.244. The molecule has 1 aliphatic rings. The monoisotopic (exact) mass is 242 g/mol. The molecule has 2 heterocycles. The van der Waals surface area contributed by atoms with Gasteiger partial charge in [-0.15, -0.1) is 10.2 Å². The van der Waals surface area contributed by atoms with Crippen molar-refractivity contribution in [3.63, 3.8) is 0 Å². The first kappa shape index (κ1) is 11.4. The fraction of sp³-hybridized carbons (Fsp3) is 0.429. The quantitative estimate of drug-likeness (QED) is 0.867. The molecule has 4 nitrogen and oxygen atoms in total. The lowest BCUT2D eigenvalue weighted by Gasteiger charge is -2.20. The van der Waals surface area contributed by atoms with Crippen LogP contribution < -0.4 is 5.73 Å². The molecular formula is C14H18N4. The molecule has 4 heteroatoms. The SMILES string of the molecule is Cc1ccccc1Cc1nnc2n1CCC(N)C2. The Morgan fingerprint density at radius 3 is 3.00 bits per heavy atom. The zero-order chi connectivity index (χ0) is 12.5. The van der Waals surface area contributed by atoms with Gasteiger partial charge in [-0.2, -0.15) is 0 Å². The second-order valence-corrected chi connectivity index (χ2v) is 5.04. The molecule has 1 aromatic carbocycles. The van der Waals surface area contributed by atoms with Crippen LogP contribution in [0.4, 0.5) is 0 Å². The van der Waals surface area contributed by atoms with E-state index in [0.717, 1.165) is 37.5 Å². The van der Waals surface area contributed by atoms with Crippen molar-refractivity contribution in [1.82, 2.24) is 14.8 Å². The van der Waals surface area contributed by atoms with Gasteiger partial charge < -0.3 is 10.3 Å². The molecule has 18 heavy (non-hydrogen) atoms. The van der Waals surface area contributed by atoms with E-state index in [0.29, 0.717) is 0 Å². The van der Waals surface area contributed by atoms with Crippen LogP contribution in [0.15, 0.2) is 24.3 Å². The highest BCUT2D eigenvalue weighted by Crippen LogP contribution is 2.17. The number of aryl methyl sites for hydroxylation is 1. The molecule has 0 fully saturated rings. The maximum atomic E-state index is 5.95. The number of hydrogen-bond donors (Lipinski definition) is 1. The summed E-state index contributed by atoms with van der Waals surface area (Å²) in [6.07, 6.45) is 2.72. The van der Waals surface area contributed by atoms with Gasteiger partial charge >= 0.3 is 0 Å². The van der Waals surface area contributed by atoms with Crippen LogP contribution >= 0.6 is 0 Å². The Kier molecular flexibility index (Phi) is 2.88. The molecule has 0 bridgehead atoms. The van der Waals surface area contributed by atoms with E-state index in [1.165, 1.54) is 11.1 Å². The number of hydrogen-bond acceptors (Lipinski definition) is 3. The molecule has 1 aliphatic heterocycles. The summed E-state index contributed by atoms with van der Waals surface area (Å²) in [6, 6.07) is 8.68. The normalized spacial score (nSPS) is 18.7. The maximum Gasteiger partial charge on any atom is 0.137 e. The average Bonchev–Trinajstić information content (AvgIpc) is 2.74. The Bertz CT molecular complexity index is 559. The number of nitrogens with zero attached hydrogens (tertiary/aromatic N) is 3. The van der Waals surface area contributed by atoms with Crippen LogP contribution in [0.25, 0.3) is 0 Å².